The van der Waals surface area contributed by atoms with Crippen LogP contribution >= 0.6 is 11.6 Å². The van der Waals surface area contributed by atoms with Crippen LogP contribution in [0.3, 0.4) is 0 Å². The minimum absolute atomic E-state index is 0.0611. The number of imidazole rings is 1. The molecule has 1 saturated heterocycles. The Morgan fingerprint density at radius 1 is 1.30 bits per heavy atom. The maximum Gasteiger partial charge on any atom is 0.262 e. The van der Waals surface area contributed by atoms with E-state index in [4.69, 9.17) is 11.6 Å². The van der Waals surface area contributed by atoms with Gasteiger partial charge in [-0.1, -0.05) is 29.8 Å². The van der Waals surface area contributed by atoms with E-state index in [1.54, 1.807) is 10.6 Å². The van der Waals surface area contributed by atoms with E-state index in [1.165, 1.54) is 16.8 Å². The molecule has 7 nitrogen and oxygen atoms in total. The van der Waals surface area contributed by atoms with Crippen LogP contribution < -0.4 is 5.32 Å². The number of carbonyl (C=O) groups is 1. The highest BCUT2D eigenvalue weighted by Crippen LogP contribution is 2.23. The van der Waals surface area contributed by atoms with Gasteiger partial charge in [0.15, 0.2) is 5.03 Å². The molecule has 0 aliphatic carbocycles. The number of sulfonamides is 1. The van der Waals surface area contributed by atoms with Crippen molar-refractivity contribution in [2.75, 3.05) is 13.1 Å². The SMILES string of the molecule is CCn1cnc(S(=O)(=O)N2CCC(C(=O)NCc3ccccc3Cl)CC2)c1. The normalized spacial score (nSPS) is 16.4. The number of halogens is 1. The molecule has 2 aromatic rings. The van der Waals surface area contributed by atoms with E-state index in [9.17, 15) is 13.2 Å². The van der Waals surface area contributed by atoms with Gasteiger partial charge in [0.2, 0.25) is 5.91 Å². The third kappa shape index (κ3) is 4.51. The summed E-state index contributed by atoms with van der Waals surface area (Å²) in [4.78, 5) is 16.4. The van der Waals surface area contributed by atoms with Crippen molar-refractivity contribution in [3.05, 3.63) is 47.4 Å². The molecule has 1 aromatic heterocycles. The highest BCUT2D eigenvalue weighted by Gasteiger charge is 2.33. The van der Waals surface area contributed by atoms with Gasteiger partial charge in [-0.05, 0) is 31.4 Å². The molecule has 1 fully saturated rings. The van der Waals surface area contributed by atoms with E-state index >= 15 is 0 Å². The average Bonchev–Trinajstić information content (AvgIpc) is 3.17. The second-order valence-electron chi connectivity index (χ2n) is 6.53. The average molecular weight is 411 g/mol. The second kappa shape index (κ2) is 8.41. The molecule has 1 aliphatic rings. The van der Waals surface area contributed by atoms with Gasteiger partial charge < -0.3 is 9.88 Å². The fraction of sp³-hybridized carbons (Fsp3) is 0.444. The van der Waals surface area contributed by atoms with Crippen molar-refractivity contribution >= 4 is 27.5 Å². The van der Waals surface area contributed by atoms with Crippen LogP contribution in [0.1, 0.15) is 25.3 Å². The lowest BCUT2D eigenvalue weighted by atomic mass is 9.97. The van der Waals surface area contributed by atoms with Crippen LogP contribution in [0.5, 0.6) is 0 Å². The third-order valence-corrected chi connectivity index (χ3v) is 6.97. The summed E-state index contributed by atoms with van der Waals surface area (Å²) in [5.74, 6) is -0.269. The van der Waals surface area contributed by atoms with Gasteiger partial charge in [-0.2, -0.15) is 4.31 Å². The monoisotopic (exact) mass is 410 g/mol. The summed E-state index contributed by atoms with van der Waals surface area (Å²) in [7, 11) is -3.61. The van der Waals surface area contributed by atoms with Crippen molar-refractivity contribution in [1.82, 2.24) is 19.2 Å². The summed E-state index contributed by atoms with van der Waals surface area (Å²) in [6.07, 6.45) is 4.03. The zero-order valence-electron chi connectivity index (χ0n) is 15.1. The Bertz CT molecular complexity index is 905. The summed E-state index contributed by atoms with van der Waals surface area (Å²) in [6.45, 7) is 3.57. The first-order valence-corrected chi connectivity index (χ1v) is 10.8. The molecule has 1 aromatic carbocycles. The van der Waals surface area contributed by atoms with Crippen LogP contribution in [0.2, 0.25) is 5.02 Å². The topological polar surface area (TPSA) is 84.3 Å². The number of piperidine rings is 1. The molecule has 1 aliphatic heterocycles. The van der Waals surface area contributed by atoms with Crippen LogP contribution in [-0.4, -0.2) is 41.3 Å². The van der Waals surface area contributed by atoms with Crippen LogP contribution in [0.15, 0.2) is 41.8 Å². The zero-order valence-corrected chi connectivity index (χ0v) is 16.7. The molecular weight excluding hydrogens is 388 g/mol. The summed E-state index contributed by atoms with van der Waals surface area (Å²) in [5, 5.41) is 3.58. The molecule has 0 unspecified atom stereocenters. The number of hydrogen-bond donors (Lipinski definition) is 1. The fourth-order valence-electron chi connectivity index (χ4n) is 3.10. The van der Waals surface area contributed by atoms with E-state index < -0.39 is 10.0 Å². The molecular formula is C18H23ClN4O3S. The van der Waals surface area contributed by atoms with Gasteiger partial charge in [0.05, 0.1) is 6.33 Å². The lowest BCUT2D eigenvalue weighted by Crippen LogP contribution is -2.43. The van der Waals surface area contributed by atoms with E-state index in [1.807, 2.05) is 25.1 Å². The van der Waals surface area contributed by atoms with E-state index in [-0.39, 0.29) is 16.9 Å². The van der Waals surface area contributed by atoms with Crippen LogP contribution in [0.25, 0.3) is 0 Å². The smallest absolute Gasteiger partial charge is 0.262 e. The van der Waals surface area contributed by atoms with Crippen molar-refractivity contribution in [2.24, 2.45) is 5.92 Å². The summed E-state index contributed by atoms with van der Waals surface area (Å²) in [6, 6.07) is 7.36. The van der Waals surface area contributed by atoms with Gasteiger partial charge in [-0.25, -0.2) is 13.4 Å². The highest BCUT2D eigenvalue weighted by atomic mass is 35.5. The van der Waals surface area contributed by atoms with Crippen LogP contribution in [0.4, 0.5) is 0 Å². The minimum Gasteiger partial charge on any atom is -0.352 e. The Hall–Kier alpha value is -1.90. The number of nitrogens with one attached hydrogen (secondary N) is 1. The maximum atomic E-state index is 12.7. The van der Waals surface area contributed by atoms with Crippen LogP contribution in [-0.2, 0) is 27.9 Å². The molecule has 146 valence electrons. The Labute approximate surface area is 164 Å². The molecule has 0 spiro atoms. The predicted molar refractivity (Wildman–Crippen MR) is 103 cm³/mol. The van der Waals surface area contributed by atoms with E-state index in [0.717, 1.165) is 5.56 Å². The first-order valence-electron chi connectivity index (χ1n) is 8.95. The Balaban J connectivity index is 1.55. The predicted octanol–water partition coefficient (Wildman–Crippen LogP) is 2.27. The number of nitrogens with zero attached hydrogens (tertiary/aromatic N) is 3. The van der Waals surface area contributed by atoms with Crippen LogP contribution in [0, 0.1) is 5.92 Å². The minimum atomic E-state index is -3.61. The number of carbonyl (C=O) groups excluding carboxylic acids is 1. The molecule has 27 heavy (non-hydrogen) atoms. The third-order valence-electron chi connectivity index (χ3n) is 4.81. The summed E-state index contributed by atoms with van der Waals surface area (Å²) < 4.78 is 28.5. The number of amides is 1. The molecule has 0 atom stereocenters. The lowest BCUT2D eigenvalue weighted by Gasteiger charge is -2.30. The Morgan fingerprint density at radius 3 is 2.63 bits per heavy atom. The number of aryl methyl sites for hydroxylation is 1. The van der Waals surface area contributed by atoms with Crippen molar-refractivity contribution in [2.45, 2.75) is 37.9 Å². The van der Waals surface area contributed by atoms with E-state index in [2.05, 4.69) is 10.3 Å². The van der Waals surface area contributed by atoms with Gasteiger partial charge in [0.25, 0.3) is 10.0 Å². The van der Waals surface area contributed by atoms with Crippen molar-refractivity contribution < 1.29 is 13.2 Å². The largest absolute Gasteiger partial charge is 0.352 e. The molecule has 0 radical (unpaired) electrons. The number of rotatable bonds is 6. The van der Waals surface area contributed by atoms with Crippen molar-refractivity contribution in [3.8, 4) is 0 Å². The molecule has 1 N–H and O–H groups in total. The standard InChI is InChI=1S/C18H23ClN4O3S/c1-2-22-12-17(21-13-22)27(25,26)23-9-7-14(8-10-23)18(24)20-11-15-5-3-4-6-16(15)19/h3-6,12-14H,2,7-11H2,1H3,(H,20,24). The Kier molecular flexibility index (Phi) is 6.18. The van der Waals surface area contributed by atoms with Crippen molar-refractivity contribution in [1.29, 1.82) is 0 Å². The first kappa shape index (κ1) is 19.9. The molecule has 2 heterocycles. The number of hydrogen-bond acceptors (Lipinski definition) is 4. The summed E-state index contributed by atoms with van der Waals surface area (Å²) in [5.41, 5.74) is 0.860. The highest BCUT2D eigenvalue weighted by molar-refractivity contribution is 7.89. The maximum absolute atomic E-state index is 12.7. The number of aromatic nitrogens is 2. The molecule has 0 saturated carbocycles. The zero-order chi connectivity index (χ0) is 19.4. The Morgan fingerprint density at radius 2 is 2.00 bits per heavy atom. The molecule has 3 rings (SSSR count). The molecule has 9 heteroatoms. The van der Waals surface area contributed by atoms with Gasteiger partial charge >= 0.3 is 0 Å². The van der Waals surface area contributed by atoms with Gasteiger partial charge in [0, 0.05) is 43.3 Å². The molecule has 1 amide bonds. The van der Waals surface area contributed by atoms with Gasteiger partial charge in [-0.15, -0.1) is 0 Å². The fourth-order valence-corrected chi connectivity index (χ4v) is 4.71. The second-order valence-corrected chi connectivity index (χ2v) is 8.82. The first-order chi connectivity index (χ1) is 12.9. The lowest BCUT2D eigenvalue weighted by molar-refractivity contribution is -0.126. The van der Waals surface area contributed by atoms with Crippen molar-refractivity contribution in [3.63, 3.8) is 0 Å². The number of benzene rings is 1. The van der Waals surface area contributed by atoms with E-state index in [0.29, 0.717) is 44.0 Å². The quantitative estimate of drug-likeness (QED) is 0.791. The summed E-state index contributed by atoms with van der Waals surface area (Å²) >= 11 is 6.10. The van der Waals surface area contributed by atoms with Gasteiger partial charge in [-0.3, -0.25) is 4.79 Å². The van der Waals surface area contributed by atoms with Gasteiger partial charge in [0.1, 0.15) is 0 Å². The molecule has 0 bridgehead atoms.